The van der Waals surface area contributed by atoms with Crippen LogP contribution in [0.25, 0.3) is 16.9 Å². The molecule has 3 aromatic heterocycles. The fourth-order valence-corrected chi connectivity index (χ4v) is 3.60. The van der Waals surface area contributed by atoms with Gasteiger partial charge in [0.25, 0.3) is 12.3 Å². The molecule has 2 amide bonds. The summed E-state index contributed by atoms with van der Waals surface area (Å²) in [6, 6.07) is 11.5. The molecular formula is C23H18ClF2N5O2. The molecule has 0 saturated heterocycles. The van der Waals surface area contributed by atoms with E-state index in [0.717, 1.165) is 10.5 Å². The van der Waals surface area contributed by atoms with Gasteiger partial charge >= 0.3 is 0 Å². The molecule has 0 aliphatic rings. The van der Waals surface area contributed by atoms with Crippen LogP contribution in [0.15, 0.2) is 67.3 Å². The number of carbonyl (C=O) groups is 2. The van der Waals surface area contributed by atoms with Gasteiger partial charge in [-0.25, -0.2) is 13.8 Å². The minimum atomic E-state index is -2.69. The summed E-state index contributed by atoms with van der Waals surface area (Å²) < 4.78 is 27.4. The van der Waals surface area contributed by atoms with Gasteiger partial charge in [0, 0.05) is 37.3 Å². The molecule has 3 heterocycles. The largest absolute Gasteiger partial charge is 0.321 e. The second-order valence-electron chi connectivity index (χ2n) is 7.18. The normalized spacial score (nSPS) is 11.1. The summed E-state index contributed by atoms with van der Waals surface area (Å²) in [7, 11) is 0. The first kappa shape index (κ1) is 22.3. The third kappa shape index (κ3) is 4.98. The van der Waals surface area contributed by atoms with Crippen molar-refractivity contribution in [2.75, 3.05) is 16.8 Å². The maximum atomic E-state index is 12.8. The van der Waals surface area contributed by atoms with Gasteiger partial charge < -0.3 is 14.6 Å². The number of imidazole rings is 1. The number of hydrogen-bond acceptors (Lipinski definition) is 4. The van der Waals surface area contributed by atoms with Crippen LogP contribution in [0.5, 0.6) is 0 Å². The average molecular weight is 470 g/mol. The summed E-state index contributed by atoms with van der Waals surface area (Å²) in [5.74, 6) is -0.864. The monoisotopic (exact) mass is 469 g/mol. The molecule has 33 heavy (non-hydrogen) atoms. The van der Waals surface area contributed by atoms with Crippen molar-refractivity contribution in [1.29, 1.82) is 0 Å². The van der Waals surface area contributed by atoms with Crippen LogP contribution >= 0.6 is 11.6 Å². The minimum Gasteiger partial charge on any atom is -0.321 e. The van der Waals surface area contributed by atoms with Crippen molar-refractivity contribution in [3.8, 4) is 11.3 Å². The Kier molecular flexibility index (Phi) is 6.32. The molecule has 0 unspecified atom stereocenters. The lowest BCUT2D eigenvalue weighted by atomic mass is 10.1. The molecule has 4 rings (SSSR count). The quantitative estimate of drug-likeness (QED) is 0.434. The zero-order chi connectivity index (χ0) is 23.5. The number of fused-ring (bicyclic) bond motifs is 1. The molecule has 0 fully saturated rings. The van der Waals surface area contributed by atoms with Crippen molar-refractivity contribution in [2.45, 2.75) is 13.3 Å². The summed E-state index contributed by atoms with van der Waals surface area (Å²) in [5.41, 5.74) is 3.07. The van der Waals surface area contributed by atoms with Gasteiger partial charge in [0.2, 0.25) is 5.91 Å². The van der Waals surface area contributed by atoms with E-state index in [-0.39, 0.29) is 16.6 Å². The van der Waals surface area contributed by atoms with Crippen LogP contribution in [-0.4, -0.2) is 39.2 Å². The highest BCUT2D eigenvalue weighted by Crippen LogP contribution is 2.31. The summed E-state index contributed by atoms with van der Waals surface area (Å²) in [6.45, 7) is 0.454. The predicted molar refractivity (Wildman–Crippen MR) is 122 cm³/mol. The zero-order valence-electron chi connectivity index (χ0n) is 17.4. The highest BCUT2D eigenvalue weighted by atomic mass is 35.5. The second kappa shape index (κ2) is 9.33. The number of anilines is 2. The SMILES string of the molecule is CC(=O)N(CC(F)F)c1ccc(-c2ccc(C(=O)Nc3ccc4nccn4c3)cn2)cc1Cl. The number of halogens is 3. The van der Waals surface area contributed by atoms with Crippen LogP contribution in [0.3, 0.4) is 0 Å². The first-order valence-corrected chi connectivity index (χ1v) is 10.3. The molecule has 7 nitrogen and oxygen atoms in total. The topological polar surface area (TPSA) is 79.6 Å². The third-order valence-corrected chi connectivity index (χ3v) is 5.21. The van der Waals surface area contributed by atoms with Crippen molar-refractivity contribution < 1.29 is 18.4 Å². The minimum absolute atomic E-state index is 0.141. The molecule has 168 valence electrons. The number of rotatable bonds is 6. The Bertz CT molecular complexity index is 1320. The Morgan fingerprint density at radius 1 is 1.15 bits per heavy atom. The van der Waals surface area contributed by atoms with E-state index in [2.05, 4.69) is 15.3 Å². The smallest absolute Gasteiger partial charge is 0.257 e. The number of nitrogens with zero attached hydrogens (tertiary/aromatic N) is 4. The van der Waals surface area contributed by atoms with Gasteiger partial charge in [0.05, 0.1) is 34.2 Å². The van der Waals surface area contributed by atoms with Crippen LogP contribution in [0.1, 0.15) is 17.3 Å². The fourth-order valence-electron chi connectivity index (χ4n) is 3.32. The van der Waals surface area contributed by atoms with E-state index < -0.39 is 18.9 Å². The van der Waals surface area contributed by atoms with Gasteiger partial charge in [-0.2, -0.15) is 0 Å². The average Bonchev–Trinajstić information content (AvgIpc) is 3.25. The molecule has 0 saturated carbocycles. The van der Waals surface area contributed by atoms with Crippen LogP contribution in [0, 0.1) is 0 Å². The molecule has 10 heteroatoms. The van der Waals surface area contributed by atoms with E-state index in [1.807, 2.05) is 0 Å². The molecule has 4 aromatic rings. The summed E-state index contributed by atoms with van der Waals surface area (Å²) in [6.07, 6.45) is 3.94. The van der Waals surface area contributed by atoms with Crippen LogP contribution in [0.2, 0.25) is 5.02 Å². The first-order valence-electron chi connectivity index (χ1n) is 9.88. The third-order valence-electron chi connectivity index (χ3n) is 4.91. The number of amides is 2. The Balaban J connectivity index is 1.50. The number of aromatic nitrogens is 3. The maximum absolute atomic E-state index is 12.8. The summed E-state index contributed by atoms with van der Waals surface area (Å²) in [4.78, 5) is 33.7. The van der Waals surface area contributed by atoms with Gasteiger partial charge in [-0.1, -0.05) is 17.7 Å². The van der Waals surface area contributed by atoms with E-state index in [0.29, 0.717) is 22.5 Å². The lowest BCUT2D eigenvalue weighted by Crippen LogP contribution is -2.33. The van der Waals surface area contributed by atoms with E-state index in [1.165, 1.54) is 19.2 Å². The lowest BCUT2D eigenvalue weighted by Gasteiger charge is -2.22. The predicted octanol–water partition coefficient (Wildman–Crippen LogP) is 4.92. The standard InChI is InChI=1S/C23H18ClF2N5O2/c1-14(32)31(13-21(25)26)20-6-3-15(10-18(20)24)19-5-2-16(11-28-19)23(33)29-17-4-7-22-27-8-9-30(22)12-17/h2-12,21H,13H2,1H3,(H,29,33). The highest BCUT2D eigenvalue weighted by Gasteiger charge is 2.20. The van der Waals surface area contributed by atoms with Gasteiger partial charge in [-0.3, -0.25) is 14.6 Å². The van der Waals surface area contributed by atoms with Crippen molar-refractivity contribution >= 4 is 40.4 Å². The molecule has 0 aliphatic heterocycles. The number of nitrogens with one attached hydrogen (secondary N) is 1. The van der Waals surface area contributed by atoms with Crippen molar-refractivity contribution in [3.05, 3.63) is 77.8 Å². The van der Waals surface area contributed by atoms with Crippen molar-refractivity contribution in [1.82, 2.24) is 14.4 Å². The fraction of sp³-hybridized carbons (Fsp3) is 0.130. The molecule has 0 atom stereocenters. The van der Waals surface area contributed by atoms with Gasteiger partial charge in [0.15, 0.2) is 0 Å². The number of hydrogen-bond donors (Lipinski definition) is 1. The molecule has 0 bridgehead atoms. The number of pyridine rings is 2. The lowest BCUT2D eigenvalue weighted by molar-refractivity contribution is -0.117. The first-order chi connectivity index (χ1) is 15.8. The van der Waals surface area contributed by atoms with Gasteiger partial charge in [0.1, 0.15) is 5.65 Å². The van der Waals surface area contributed by atoms with Crippen LogP contribution < -0.4 is 10.2 Å². The van der Waals surface area contributed by atoms with Crippen molar-refractivity contribution in [3.63, 3.8) is 0 Å². The van der Waals surface area contributed by atoms with E-state index in [4.69, 9.17) is 11.6 Å². The molecule has 1 N–H and O–H groups in total. The van der Waals surface area contributed by atoms with Gasteiger partial charge in [-0.15, -0.1) is 0 Å². The Morgan fingerprint density at radius 2 is 1.97 bits per heavy atom. The van der Waals surface area contributed by atoms with Crippen LogP contribution in [-0.2, 0) is 4.79 Å². The highest BCUT2D eigenvalue weighted by molar-refractivity contribution is 6.34. The molecular weight excluding hydrogens is 452 g/mol. The number of carbonyl (C=O) groups excluding carboxylic acids is 2. The van der Waals surface area contributed by atoms with Crippen molar-refractivity contribution in [2.24, 2.45) is 0 Å². The van der Waals surface area contributed by atoms with Gasteiger partial charge in [-0.05, 0) is 36.4 Å². The van der Waals surface area contributed by atoms with E-state index in [9.17, 15) is 18.4 Å². The Hall–Kier alpha value is -3.85. The zero-order valence-corrected chi connectivity index (χ0v) is 18.1. The van der Waals surface area contributed by atoms with E-state index in [1.54, 1.807) is 59.4 Å². The Morgan fingerprint density at radius 3 is 2.64 bits per heavy atom. The Labute approximate surface area is 192 Å². The molecule has 0 spiro atoms. The maximum Gasteiger partial charge on any atom is 0.257 e. The number of alkyl halides is 2. The molecule has 0 aliphatic carbocycles. The van der Waals surface area contributed by atoms with E-state index >= 15 is 0 Å². The number of benzene rings is 1. The second-order valence-corrected chi connectivity index (χ2v) is 7.59. The molecule has 1 aromatic carbocycles. The summed E-state index contributed by atoms with van der Waals surface area (Å²) >= 11 is 6.27. The van der Waals surface area contributed by atoms with Crippen LogP contribution in [0.4, 0.5) is 20.2 Å². The molecule has 0 radical (unpaired) electrons. The summed E-state index contributed by atoms with van der Waals surface area (Å²) in [5, 5.41) is 2.95.